The van der Waals surface area contributed by atoms with Crippen LogP contribution in [-0.2, 0) is 9.84 Å². The lowest BCUT2D eigenvalue weighted by Gasteiger charge is -2.12. The molecule has 2 aromatic heterocycles. The van der Waals surface area contributed by atoms with Crippen LogP contribution < -0.4 is 5.32 Å². The predicted octanol–water partition coefficient (Wildman–Crippen LogP) is 1.83. The lowest BCUT2D eigenvalue weighted by molar-refractivity contribution is 0.102. The number of carbonyl (C=O) groups is 1. The largest absolute Gasteiger partial charge is 0.296 e. The van der Waals surface area contributed by atoms with E-state index in [9.17, 15) is 13.2 Å². The van der Waals surface area contributed by atoms with E-state index in [2.05, 4.69) is 15.4 Å². The maximum absolute atomic E-state index is 12.3. The summed E-state index contributed by atoms with van der Waals surface area (Å²) in [6.07, 6.45) is 4.33. The van der Waals surface area contributed by atoms with Crippen molar-refractivity contribution in [2.24, 2.45) is 0 Å². The second-order valence-electron chi connectivity index (χ2n) is 6.02. The van der Waals surface area contributed by atoms with Crippen LogP contribution in [0.5, 0.6) is 0 Å². The van der Waals surface area contributed by atoms with E-state index in [0.717, 1.165) is 18.5 Å². The number of hydrogen-bond acceptors (Lipinski definition) is 6. The van der Waals surface area contributed by atoms with Crippen LogP contribution in [0.3, 0.4) is 0 Å². The van der Waals surface area contributed by atoms with Gasteiger partial charge in [0.05, 0.1) is 17.5 Å². The van der Waals surface area contributed by atoms with Gasteiger partial charge >= 0.3 is 0 Å². The molecule has 0 unspecified atom stereocenters. The number of rotatable bonds is 4. The highest BCUT2D eigenvalue weighted by Gasteiger charge is 2.36. The van der Waals surface area contributed by atoms with Crippen molar-refractivity contribution >= 4 is 32.2 Å². The van der Waals surface area contributed by atoms with Crippen LogP contribution in [0.1, 0.15) is 47.4 Å². The van der Waals surface area contributed by atoms with E-state index in [1.54, 1.807) is 22.3 Å². The Morgan fingerprint density at radius 1 is 1.35 bits per heavy atom. The third-order valence-electron chi connectivity index (χ3n) is 4.20. The van der Waals surface area contributed by atoms with E-state index in [0.29, 0.717) is 23.2 Å². The van der Waals surface area contributed by atoms with Gasteiger partial charge in [0.25, 0.3) is 5.91 Å². The molecule has 1 saturated heterocycles. The maximum atomic E-state index is 12.3. The van der Waals surface area contributed by atoms with Crippen LogP contribution in [0.4, 0.5) is 5.13 Å². The third-order valence-corrected chi connectivity index (χ3v) is 6.64. The number of hydrogen-bond donors (Lipinski definition) is 1. The average Bonchev–Trinajstić information content (AvgIpc) is 2.92. The van der Waals surface area contributed by atoms with Crippen molar-refractivity contribution in [3.05, 3.63) is 29.0 Å². The first-order valence-corrected chi connectivity index (χ1v) is 10.2. The van der Waals surface area contributed by atoms with Crippen molar-refractivity contribution in [3.8, 4) is 0 Å². The second kappa shape index (κ2) is 5.41. The van der Waals surface area contributed by atoms with Gasteiger partial charge in [-0.05, 0) is 25.3 Å². The number of nitrogens with zero attached hydrogens (tertiary/aromatic N) is 3. The molecule has 3 heterocycles. The summed E-state index contributed by atoms with van der Waals surface area (Å²) in [6, 6.07) is 1.64. The van der Waals surface area contributed by atoms with Gasteiger partial charge in [0.1, 0.15) is 0 Å². The normalized spacial score (nSPS) is 23.0. The van der Waals surface area contributed by atoms with Crippen LogP contribution in [0.25, 0.3) is 0 Å². The Hall–Kier alpha value is -1.74. The van der Waals surface area contributed by atoms with Crippen molar-refractivity contribution in [2.75, 3.05) is 16.8 Å². The molecule has 0 radical (unpaired) electrons. The summed E-state index contributed by atoms with van der Waals surface area (Å²) in [5, 5.41) is 9.45. The van der Waals surface area contributed by atoms with Gasteiger partial charge in [-0.3, -0.25) is 14.8 Å². The molecule has 1 N–H and O–H groups in total. The SMILES string of the molecule is O=C(Nc1nccs1)c1cc(C2CC2)n([C@H]2CCS(=O)(=O)C2)n1. The molecule has 1 aliphatic carbocycles. The van der Waals surface area contributed by atoms with Gasteiger partial charge in [0.15, 0.2) is 20.7 Å². The molecule has 0 aromatic carbocycles. The van der Waals surface area contributed by atoms with Gasteiger partial charge in [-0.15, -0.1) is 11.3 Å². The van der Waals surface area contributed by atoms with E-state index >= 15 is 0 Å². The molecule has 9 heteroatoms. The molecule has 122 valence electrons. The summed E-state index contributed by atoms with van der Waals surface area (Å²) in [5.41, 5.74) is 1.31. The summed E-state index contributed by atoms with van der Waals surface area (Å²) in [7, 11) is -2.99. The molecule has 23 heavy (non-hydrogen) atoms. The summed E-state index contributed by atoms with van der Waals surface area (Å²) in [6.45, 7) is 0. The zero-order valence-electron chi connectivity index (χ0n) is 12.3. The fraction of sp³-hybridized carbons (Fsp3) is 0.500. The Morgan fingerprint density at radius 2 is 2.17 bits per heavy atom. The maximum Gasteiger partial charge on any atom is 0.277 e. The van der Waals surface area contributed by atoms with E-state index in [-0.39, 0.29) is 23.5 Å². The number of carbonyl (C=O) groups excluding carboxylic acids is 1. The lowest BCUT2D eigenvalue weighted by Crippen LogP contribution is -2.17. The molecule has 1 atom stereocenters. The van der Waals surface area contributed by atoms with Gasteiger partial charge < -0.3 is 0 Å². The second-order valence-corrected chi connectivity index (χ2v) is 9.14. The Balaban J connectivity index is 1.62. The predicted molar refractivity (Wildman–Crippen MR) is 86.6 cm³/mol. The van der Waals surface area contributed by atoms with Crippen LogP contribution >= 0.6 is 11.3 Å². The van der Waals surface area contributed by atoms with E-state index in [1.165, 1.54) is 11.3 Å². The molecular formula is C14H16N4O3S2. The molecule has 1 aliphatic heterocycles. The molecule has 4 rings (SSSR count). The fourth-order valence-electron chi connectivity index (χ4n) is 2.91. The van der Waals surface area contributed by atoms with Gasteiger partial charge in [-0.25, -0.2) is 13.4 Å². The van der Waals surface area contributed by atoms with Gasteiger partial charge in [-0.2, -0.15) is 5.10 Å². The molecule has 7 nitrogen and oxygen atoms in total. The quantitative estimate of drug-likeness (QED) is 0.906. The molecule has 2 fully saturated rings. The number of nitrogens with one attached hydrogen (secondary N) is 1. The number of sulfone groups is 1. The summed E-state index contributed by atoms with van der Waals surface area (Å²) >= 11 is 1.34. The number of anilines is 1. The molecular weight excluding hydrogens is 336 g/mol. The van der Waals surface area contributed by atoms with Crippen molar-refractivity contribution in [2.45, 2.75) is 31.2 Å². The monoisotopic (exact) mass is 352 g/mol. The Kier molecular flexibility index (Phi) is 3.49. The van der Waals surface area contributed by atoms with Crippen molar-refractivity contribution in [1.82, 2.24) is 14.8 Å². The van der Waals surface area contributed by atoms with E-state index in [4.69, 9.17) is 0 Å². The van der Waals surface area contributed by atoms with E-state index in [1.807, 2.05) is 0 Å². The first-order chi connectivity index (χ1) is 11.0. The van der Waals surface area contributed by atoms with Gasteiger partial charge in [0.2, 0.25) is 0 Å². The zero-order valence-corrected chi connectivity index (χ0v) is 13.9. The van der Waals surface area contributed by atoms with Crippen molar-refractivity contribution in [1.29, 1.82) is 0 Å². The molecule has 1 saturated carbocycles. The topological polar surface area (TPSA) is 94.0 Å². The lowest BCUT2D eigenvalue weighted by atomic mass is 10.2. The highest BCUT2D eigenvalue weighted by Crippen LogP contribution is 2.42. The summed E-state index contributed by atoms with van der Waals surface area (Å²) in [4.78, 5) is 16.4. The minimum absolute atomic E-state index is 0.113. The van der Waals surface area contributed by atoms with Crippen LogP contribution in [0.2, 0.25) is 0 Å². The summed E-state index contributed by atoms with van der Waals surface area (Å²) in [5.74, 6) is 0.401. The standard InChI is InChI=1S/C14H16N4O3S2/c19-13(16-14-15-4-5-22-14)11-7-12(9-1-2-9)18(17-11)10-3-6-23(20,21)8-10/h4-5,7,9-10H,1-3,6,8H2,(H,15,16,19)/t10-/m0/s1. The molecule has 2 aliphatic rings. The van der Waals surface area contributed by atoms with E-state index < -0.39 is 9.84 Å². The highest BCUT2D eigenvalue weighted by atomic mass is 32.2. The number of aromatic nitrogens is 3. The van der Waals surface area contributed by atoms with Gasteiger partial charge in [0, 0.05) is 23.2 Å². The van der Waals surface area contributed by atoms with Crippen LogP contribution in [-0.4, -0.2) is 40.6 Å². The third kappa shape index (κ3) is 3.02. The number of amides is 1. The first-order valence-electron chi connectivity index (χ1n) is 7.52. The molecule has 0 bridgehead atoms. The van der Waals surface area contributed by atoms with Crippen LogP contribution in [0, 0.1) is 0 Å². The average molecular weight is 352 g/mol. The molecule has 2 aromatic rings. The van der Waals surface area contributed by atoms with Crippen LogP contribution in [0.15, 0.2) is 17.6 Å². The molecule has 1 amide bonds. The first kappa shape index (κ1) is 14.8. The van der Waals surface area contributed by atoms with Crippen molar-refractivity contribution < 1.29 is 13.2 Å². The minimum Gasteiger partial charge on any atom is -0.296 e. The highest BCUT2D eigenvalue weighted by molar-refractivity contribution is 7.91. The Bertz CT molecular complexity index is 838. The Labute approximate surface area is 137 Å². The zero-order chi connectivity index (χ0) is 16.0. The minimum atomic E-state index is -2.99. The Morgan fingerprint density at radius 3 is 2.78 bits per heavy atom. The summed E-state index contributed by atoms with van der Waals surface area (Å²) < 4.78 is 25.2. The number of thiazole rings is 1. The molecule has 0 spiro atoms. The van der Waals surface area contributed by atoms with Crippen molar-refractivity contribution in [3.63, 3.8) is 0 Å². The smallest absolute Gasteiger partial charge is 0.277 e. The fourth-order valence-corrected chi connectivity index (χ4v) is 5.13. The van der Waals surface area contributed by atoms with Gasteiger partial charge in [-0.1, -0.05) is 0 Å².